The Hall–Kier alpha value is -0.900. The van der Waals surface area contributed by atoms with Gasteiger partial charge in [-0.15, -0.1) is 0 Å². The summed E-state index contributed by atoms with van der Waals surface area (Å²) in [6, 6.07) is 9.59. The van der Waals surface area contributed by atoms with Crippen molar-refractivity contribution >= 4 is 0 Å². The third kappa shape index (κ3) is 3.53. The molecule has 1 N–H and O–H groups in total. The van der Waals surface area contributed by atoms with Crippen molar-refractivity contribution in [3.63, 3.8) is 0 Å². The van der Waals surface area contributed by atoms with Gasteiger partial charge in [0.15, 0.2) is 0 Å². The molecule has 1 atom stereocenters. The van der Waals surface area contributed by atoms with E-state index in [0.29, 0.717) is 13.0 Å². The van der Waals surface area contributed by atoms with Crippen LogP contribution in [0.15, 0.2) is 30.3 Å². The summed E-state index contributed by atoms with van der Waals surface area (Å²) in [6.07, 6.45) is 3.31. The van der Waals surface area contributed by atoms with Crippen LogP contribution in [0, 0.1) is 5.21 Å². The highest BCUT2D eigenvalue weighted by Gasteiger charge is 2.22. The summed E-state index contributed by atoms with van der Waals surface area (Å²) in [4.78, 5) is 0. The minimum atomic E-state index is -0.498. The Morgan fingerprint density at radius 1 is 1.12 bits per heavy atom. The normalized spacial score (nSPS) is 21.1. The standard InChI is InChI=1S/C14H21NO2/c16-14(13-7-3-1-4-8-13)9-12-15(17)10-5-2-6-11-15/h1,3-4,7-8,14,16H,2,5-6,9-12H2. The fourth-order valence-electron chi connectivity index (χ4n) is 2.51. The molecule has 1 aliphatic rings. The summed E-state index contributed by atoms with van der Waals surface area (Å²) >= 11 is 0. The van der Waals surface area contributed by atoms with Gasteiger partial charge in [-0.25, -0.2) is 0 Å². The second kappa shape index (κ2) is 5.63. The van der Waals surface area contributed by atoms with E-state index in [1.54, 1.807) is 0 Å². The number of hydroxylamine groups is 3. The number of aliphatic hydroxyl groups is 1. The second-order valence-corrected chi connectivity index (χ2v) is 5.00. The molecule has 1 unspecified atom stereocenters. The number of benzene rings is 1. The first-order chi connectivity index (χ1) is 8.20. The molecule has 0 aliphatic carbocycles. The summed E-state index contributed by atoms with van der Waals surface area (Å²) in [7, 11) is 0. The van der Waals surface area contributed by atoms with Gasteiger partial charge in [0.05, 0.1) is 25.7 Å². The third-order valence-corrected chi connectivity index (χ3v) is 3.63. The number of rotatable bonds is 4. The Bertz CT molecular complexity index is 333. The van der Waals surface area contributed by atoms with Gasteiger partial charge in [0.2, 0.25) is 0 Å². The Labute approximate surface area is 103 Å². The monoisotopic (exact) mass is 235 g/mol. The Kier molecular flexibility index (Phi) is 4.15. The molecule has 2 rings (SSSR count). The molecule has 0 amide bonds. The summed E-state index contributed by atoms with van der Waals surface area (Å²) < 4.78 is -0.107. The van der Waals surface area contributed by atoms with Crippen LogP contribution in [0.1, 0.15) is 37.4 Å². The highest BCUT2D eigenvalue weighted by Crippen LogP contribution is 2.22. The fraction of sp³-hybridized carbons (Fsp3) is 0.571. The van der Waals surface area contributed by atoms with Crippen LogP contribution in [0.4, 0.5) is 0 Å². The third-order valence-electron chi connectivity index (χ3n) is 3.63. The number of aliphatic hydroxyl groups excluding tert-OH is 1. The molecule has 0 saturated carbocycles. The molecular formula is C14H21NO2. The highest BCUT2D eigenvalue weighted by molar-refractivity contribution is 5.17. The largest absolute Gasteiger partial charge is 0.633 e. The van der Waals surface area contributed by atoms with Crippen LogP contribution >= 0.6 is 0 Å². The van der Waals surface area contributed by atoms with E-state index in [-0.39, 0.29) is 4.65 Å². The average Bonchev–Trinajstić information content (AvgIpc) is 2.38. The van der Waals surface area contributed by atoms with Crippen molar-refractivity contribution < 1.29 is 9.75 Å². The molecule has 0 bridgehead atoms. The van der Waals surface area contributed by atoms with Crippen molar-refractivity contribution in [2.45, 2.75) is 31.8 Å². The van der Waals surface area contributed by atoms with E-state index in [1.807, 2.05) is 30.3 Å². The van der Waals surface area contributed by atoms with Crippen LogP contribution in [0.2, 0.25) is 0 Å². The SMILES string of the molecule is [O-][N+]1(CCC(O)c2ccccc2)CCCCC1. The van der Waals surface area contributed by atoms with Crippen LogP contribution in [0.3, 0.4) is 0 Å². The predicted octanol–water partition coefficient (Wildman–Crippen LogP) is 2.61. The molecule has 1 aromatic carbocycles. The molecule has 0 radical (unpaired) electrons. The van der Waals surface area contributed by atoms with Crippen LogP contribution in [-0.4, -0.2) is 29.4 Å². The maximum atomic E-state index is 12.3. The van der Waals surface area contributed by atoms with Crippen molar-refractivity contribution in [2.24, 2.45) is 0 Å². The van der Waals surface area contributed by atoms with Crippen LogP contribution in [-0.2, 0) is 0 Å². The molecule has 3 nitrogen and oxygen atoms in total. The van der Waals surface area contributed by atoms with E-state index in [0.717, 1.165) is 31.5 Å². The molecule has 0 aromatic heterocycles. The molecule has 94 valence electrons. The molecule has 0 spiro atoms. The number of quaternary nitrogens is 1. The first-order valence-corrected chi connectivity index (χ1v) is 6.50. The zero-order chi connectivity index (χ0) is 12.1. The van der Waals surface area contributed by atoms with Gasteiger partial charge in [-0.2, -0.15) is 0 Å². The number of nitrogens with zero attached hydrogens (tertiary/aromatic N) is 1. The molecule has 1 heterocycles. The molecule has 1 saturated heterocycles. The minimum absolute atomic E-state index is 0.107. The number of likely N-dealkylation sites (tertiary alicyclic amines) is 1. The predicted molar refractivity (Wildman–Crippen MR) is 68.1 cm³/mol. The summed E-state index contributed by atoms with van der Waals surface area (Å²) in [5.74, 6) is 0. The van der Waals surface area contributed by atoms with E-state index in [2.05, 4.69) is 0 Å². The second-order valence-electron chi connectivity index (χ2n) is 5.00. The molecule has 17 heavy (non-hydrogen) atoms. The first kappa shape index (κ1) is 12.6. The van der Waals surface area contributed by atoms with Crippen molar-refractivity contribution in [1.29, 1.82) is 0 Å². The van der Waals surface area contributed by atoms with E-state index in [1.165, 1.54) is 6.42 Å². The molecular weight excluding hydrogens is 214 g/mol. The molecule has 3 heteroatoms. The van der Waals surface area contributed by atoms with Gasteiger partial charge in [0, 0.05) is 6.42 Å². The lowest BCUT2D eigenvalue weighted by Crippen LogP contribution is -2.47. The van der Waals surface area contributed by atoms with E-state index >= 15 is 0 Å². The van der Waals surface area contributed by atoms with Crippen molar-refractivity contribution in [3.05, 3.63) is 41.1 Å². The average molecular weight is 235 g/mol. The van der Waals surface area contributed by atoms with Crippen molar-refractivity contribution in [1.82, 2.24) is 0 Å². The maximum absolute atomic E-state index is 12.3. The zero-order valence-electron chi connectivity index (χ0n) is 10.2. The summed E-state index contributed by atoms with van der Waals surface area (Å²) in [5.41, 5.74) is 0.913. The lowest BCUT2D eigenvalue weighted by atomic mass is 10.1. The Morgan fingerprint density at radius 2 is 1.76 bits per heavy atom. The van der Waals surface area contributed by atoms with Crippen molar-refractivity contribution in [3.8, 4) is 0 Å². The lowest BCUT2D eigenvalue weighted by Gasteiger charge is -2.45. The summed E-state index contributed by atoms with van der Waals surface area (Å²) in [5, 5.41) is 22.3. The van der Waals surface area contributed by atoms with Gasteiger partial charge in [-0.3, -0.25) is 0 Å². The topological polar surface area (TPSA) is 43.3 Å². The highest BCUT2D eigenvalue weighted by atomic mass is 16.5. The van der Waals surface area contributed by atoms with Gasteiger partial charge in [0.1, 0.15) is 0 Å². The molecule has 1 aliphatic heterocycles. The van der Waals surface area contributed by atoms with Gasteiger partial charge in [-0.1, -0.05) is 30.3 Å². The Morgan fingerprint density at radius 3 is 2.41 bits per heavy atom. The summed E-state index contributed by atoms with van der Waals surface area (Å²) in [6.45, 7) is 1.99. The molecule has 1 aromatic rings. The number of hydrogen-bond donors (Lipinski definition) is 1. The number of piperidine rings is 1. The van der Waals surface area contributed by atoms with E-state index in [4.69, 9.17) is 0 Å². The van der Waals surface area contributed by atoms with E-state index in [9.17, 15) is 10.3 Å². The number of hydrogen-bond acceptors (Lipinski definition) is 2. The van der Waals surface area contributed by atoms with Gasteiger partial charge in [0.25, 0.3) is 0 Å². The smallest absolute Gasteiger partial charge is 0.0843 e. The van der Waals surface area contributed by atoms with Gasteiger partial charge in [-0.05, 0) is 24.8 Å². The van der Waals surface area contributed by atoms with Crippen molar-refractivity contribution in [2.75, 3.05) is 19.6 Å². The lowest BCUT2D eigenvalue weighted by molar-refractivity contribution is -0.886. The minimum Gasteiger partial charge on any atom is -0.633 e. The van der Waals surface area contributed by atoms with Crippen LogP contribution in [0.5, 0.6) is 0 Å². The Balaban J connectivity index is 1.85. The van der Waals surface area contributed by atoms with Gasteiger partial charge >= 0.3 is 0 Å². The molecule has 1 fully saturated rings. The van der Waals surface area contributed by atoms with Crippen LogP contribution in [0.25, 0.3) is 0 Å². The maximum Gasteiger partial charge on any atom is 0.0843 e. The van der Waals surface area contributed by atoms with Gasteiger partial charge < -0.3 is 15.0 Å². The van der Waals surface area contributed by atoms with Crippen LogP contribution < -0.4 is 0 Å². The fourth-order valence-corrected chi connectivity index (χ4v) is 2.51. The van der Waals surface area contributed by atoms with E-state index < -0.39 is 6.10 Å². The first-order valence-electron chi connectivity index (χ1n) is 6.50. The zero-order valence-corrected chi connectivity index (χ0v) is 10.2. The quantitative estimate of drug-likeness (QED) is 0.644.